The number of aryl methyl sites for hydroxylation is 1. The van der Waals surface area contributed by atoms with Gasteiger partial charge in [-0.3, -0.25) is 0 Å². The Balaban J connectivity index is 1.73. The lowest BCUT2D eigenvalue weighted by atomic mass is 9.94. The molecule has 3 nitrogen and oxygen atoms in total. The average molecular weight is 244 g/mol. The second kappa shape index (κ2) is 4.25. The number of morpholine rings is 1. The summed E-state index contributed by atoms with van der Waals surface area (Å²) >= 11 is 0. The lowest BCUT2D eigenvalue weighted by Gasteiger charge is -2.29. The van der Waals surface area contributed by atoms with Gasteiger partial charge in [0, 0.05) is 25.3 Å². The predicted molar refractivity (Wildman–Crippen MR) is 72.2 cm³/mol. The predicted octanol–water partition coefficient (Wildman–Crippen LogP) is 1.66. The Bertz CT molecular complexity index is 466. The van der Waals surface area contributed by atoms with E-state index in [0.29, 0.717) is 6.04 Å². The second-order valence-corrected chi connectivity index (χ2v) is 5.61. The number of nitrogens with one attached hydrogen (secondary N) is 1. The molecule has 0 radical (unpaired) electrons. The summed E-state index contributed by atoms with van der Waals surface area (Å²) in [7, 11) is 0. The molecule has 0 aliphatic carbocycles. The minimum Gasteiger partial charge on any atom is -0.378 e. The van der Waals surface area contributed by atoms with E-state index in [1.165, 1.54) is 37.9 Å². The molecule has 0 spiro atoms. The van der Waals surface area contributed by atoms with Crippen LogP contribution >= 0.6 is 0 Å². The summed E-state index contributed by atoms with van der Waals surface area (Å²) in [5, 5.41) is 3.57. The summed E-state index contributed by atoms with van der Waals surface area (Å²) in [6.07, 6.45) is 3.79. The van der Waals surface area contributed by atoms with Gasteiger partial charge in [0.15, 0.2) is 0 Å². The molecule has 96 valence electrons. The van der Waals surface area contributed by atoms with Crippen molar-refractivity contribution in [3.05, 3.63) is 28.8 Å². The number of anilines is 1. The van der Waals surface area contributed by atoms with E-state index >= 15 is 0 Å². The van der Waals surface area contributed by atoms with Gasteiger partial charge in [0.2, 0.25) is 0 Å². The largest absolute Gasteiger partial charge is 0.378 e. The summed E-state index contributed by atoms with van der Waals surface area (Å²) in [6, 6.07) is 5.23. The molecule has 3 aliphatic heterocycles. The van der Waals surface area contributed by atoms with E-state index < -0.39 is 0 Å². The van der Waals surface area contributed by atoms with Crippen LogP contribution in [0.3, 0.4) is 0 Å². The van der Waals surface area contributed by atoms with Crippen LogP contribution in [0.25, 0.3) is 0 Å². The zero-order valence-electron chi connectivity index (χ0n) is 10.7. The molecule has 1 fully saturated rings. The van der Waals surface area contributed by atoms with Crippen molar-refractivity contribution in [2.24, 2.45) is 0 Å². The third kappa shape index (κ3) is 1.65. The van der Waals surface area contributed by atoms with Crippen LogP contribution in [0.5, 0.6) is 0 Å². The van der Waals surface area contributed by atoms with Crippen molar-refractivity contribution in [1.29, 1.82) is 0 Å². The van der Waals surface area contributed by atoms with Crippen LogP contribution in [0.15, 0.2) is 12.1 Å². The summed E-state index contributed by atoms with van der Waals surface area (Å²) in [5.74, 6) is 0. The van der Waals surface area contributed by atoms with Crippen molar-refractivity contribution in [2.45, 2.75) is 25.3 Å². The normalized spacial score (nSPS) is 26.2. The van der Waals surface area contributed by atoms with Crippen LogP contribution in [0.2, 0.25) is 0 Å². The van der Waals surface area contributed by atoms with E-state index in [1.54, 1.807) is 16.8 Å². The highest BCUT2D eigenvalue weighted by Crippen LogP contribution is 2.38. The summed E-state index contributed by atoms with van der Waals surface area (Å²) < 4.78 is 5.59. The highest BCUT2D eigenvalue weighted by molar-refractivity contribution is 5.66. The Hall–Kier alpha value is -1.06. The molecular formula is C15H20N2O. The van der Waals surface area contributed by atoms with Gasteiger partial charge in [-0.1, -0.05) is 12.1 Å². The Morgan fingerprint density at radius 2 is 2.06 bits per heavy atom. The van der Waals surface area contributed by atoms with E-state index in [4.69, 9.17) is 4.74 Å². The van der Waals surface area contributed by atoms with Gasteiger partial charge in [-0.15, -0.1) is 0 Å². The molecule has 3 heteroatoms. The molecule has 1 N–H and O–H groups in total. The lowest BCUT2D eigenvalue weighted by molar-refractivity contribution is 0.0768. The van der Waals surface area contributed by atoms with Gasteiger partial charge < -0.3 is 15.0 Å². The zero-order chi connectivity index (χ0) is 11.9. The first-order valence-electron chi connectivity index (χ1n) is 7.13. The molecule has 0 bridgehead atoms. The third-order valence-corrected chi connectivity index (χ3v) is 4.46. The number of hydrogen-bond donors (Lipinski definition) is 1. The monoisotopic (exact) mass is 244 g/mol. The van der Waals surface area contributed by atoms with Gasteiger partial charge in [0.05, 0.1) is 19.3 Å². The molecule has 3 heterocycles. The number of nitrogens with zero attached hydrogens (tertiary/aromatic N) is 1. The highest BCUT2D eigenvalue weighted by atomic mass is 16.5. The molecule has 0 amide bonds. The maximum atomic E-state index is 5.59. The summed E-state index contributed by atoms with van der Waals surface area (Å²) in [5.41, 5.74) is 6.13. The molecule has 0 saturated carbocycles. The van der Waals surface area contributed by atoms with E-state index in [9.17, 15) is 0 Å². The molecule has 3 aliphatic rings. The van der Waals surface area contributed by atoms with Crippen molar-refractivity contribution in [2.75, 3.05) is 37.7 Å². The molecule has 1 atom stereocenters. The molecule has 1 unspecified atom stereocenters. The summed E-state index contributed by atoms with van der Waals surface area (Å²) in [6.45, 7) is 5.12. The average Bonchev–Trinajstić information content (AvgIpc) is 2.85. The minimum absolute atomic E-state index is 0.399. The van der Waals surface area contributed by atoms with E-state index in [0.717, 1.165) is 19.8 Å². The zero-order valence-corrected chi connectivity index (χ0v) is 10.7. The molecule has 4 rings (SSSR count). The molecule has 0 aromatic heterocycles. The Morgan fingerprint density at radius 3 is 2.89 bits per heavy atom. The topological polar surface area (TPSA) is 24.5 Å². The van der Waals surface area contributed by atoms with E-state index in [1.807, 2.05) is 0 Å². The van der Waals surface area contributed by atoms with E-state index in [2.05, 4.69) is 22.3 Å². The number of hydrogen-bond acceptors (Lipinski definition) is 3. The van der Waals surface area contributed by atoms with Crippen molar-refractivity contribution in [1.82, 2.24) is 5.32 Å². The van der Waals surface area contributed by atoms with Crippen molar-refractivity contribution in [3.8, 4) is 0 Å². The van der Waals surface area contributed by atoms with Crippen LogP contribution in [0.1, 0.15) is 29.2 Å². The molecule has 1 saturated heterocycles. The fourth-order valence-corrected chi connectivity index (χ4v) is 3.61. The van der Waals surface area contributed by atoms with Crippen LogP contribution < -0.4 is 10.2 Å². The van der Waals surface area contributed by atoms with Crippen LogP contribution in [-0.4, -0.2) is 32.8 Å². The minimum atomic E-state index is 0.399. The van der Waals surface area contributed by atoms with Crippen LogP contribution in [0.4, 0.5) is 5.69 Å². The molecule has 1 aromatic carbocycles. The van der Waals surface area contributed by atoms with Gasteiger partial charge in [0.1, 0.15) is 0 Å². The van der Waals surface area contributed by atoms with Crippen molar-refractivity contribution in [3.63, 3.8) is 0 Å². The van der Waals surface area contributed by atoms with Gasteiger partial charge >= 0.3 is 0 Å². The van der Waals surface area contributed by atoms with Crippen LogP contribution in [-0.2, 0) is 17.6 Å². The Kier molecular flexibility index (Phi) is 2.55. The highest BCUT2D eigenvalue weighted by Gasteiger charge is 2.27. The van der Waals surface area contributed by atoms with Gasteiger partial charge in [-0.05, 0) is 36.0 Å². The number of ether oxygens (including phenoxy) is 1. The number of rotatable bonds is 1. The Morgan fingerprint density at radius 1 is 1.17 bits per heavy atom. The quantitative estimate of drug-likeness (QED) is 0.813. The van der Waals surface area contributed by atoms with E-state index in [-0.39, 0.29) is 0 Å². The SMILES string of the molecule is c1c(C2COCCN2)cc2c3c1CCCN3CC2. The first-order chi connectivity index (χ1) is 8.92. The molecule has 1 aromatic rings. The molecular weight excluding hydrogens is 224 g/mol. The summed E-state index contributed by atoms with van der Waals surface area (Å²) in [4.78, 5) is 2.57. The first-order valence-corrected chi connectivity index (χ1v) is 7.13. The van der Waals surface area contributed by atoms with Gasteiger partial charge in [-0.25, -0.2) is 0 Å². The van der Waals surface area contributed by atoms with Crippen molar-refractivity contribution >= 4 is 5.69 Å². The Labute approximate surface area is 108 Å². The lowest BCUT2D eigenvalue weighted by Crippen LogP contribution is -2.34. The number of benzene rings is 1. The first kappa shape index (κ1) is 10.8. The van der Waals surface area contributed by atoms with Crippen LogP contribution in [0, 0.1) is 0 Å². The fourth-order valence-electron chi connectivity index (χ4n) is 3.61. The van der Waals surface area contributed by atoms with Gasteiger partial charge in [-0.2, -0.15) is 0 Å². The maximum absolute atomic E-state index is 5.59. The third-order valence-electron chi connectivity index (χ3n) is 4.46. The van der Waals surface area contributed by atoms with Crippen molar-refractivity contribution < 1.29 is 4.74 Å². The smallest absolute Gasteiger partial charge is 0.0662 e. The second-order valence-electron chi connectivity index (χ2n) is 5.61. The van der Waals surface area contributed by atoms with Gasteiger partial charge in [0.25, 0.3) is 0 Å². The fraction of sp³-hybridized carbons (Fsp3) is 0.600. The molecule has 18 heavy (non-hydrogen) atoms. The standard InChI is InChI=1S/C15H20N2O/c1-2-11-8-13(14-10-18-7-4-16-14)9-12-3-6-17(5-1)15(11)12/h8-9,14,16H,1-7,10H2. The maximum Gasteiger partial charge on any atom is 0.0662 e.